The first-order valence-corrected chi connectivity index (χ1v) is 12.3. The molecule has 196 valence electrons. The molecule has 2 aromatic heterocycles. The Morgan fingerprint density at radius 1 is 1.24 bits per heavy atom. The number of esters is 1. The van der Waals surface area contributed by atoms with Crippen LogP contribution in [0.5, 0.6) is 5.75 Å². The zero-order chi connectivity index (χ0) is 26.8. The van der Waals surface area contributed by atoms with Crippen molar-refractivity contribution in [3.8, 4) is 5.75 Å². The fourth-order valence-corrected chi connectivity index (χ4v) is 4.96. The first-order valence-electron chi connectivity index (χ1n) is 11.4. The van der Waals surface area contributed by atoms with Gasteiger partial charge in [-0.2, -0.15) is 5.10 Å². The average molecular weight is 541 g/mol. The lowest BCUT2D eigenvalue weighted by Gasteiger charge is -2.18. The zero-order valence-electron chi connectivity index (χ0n) is 19.9. The topological polar surface area (TPSA) is 153 Å². The lowest BCUT2D eigenvalue weighted by molar-refractivity contribution is -0.139. The number of nitrogens with one attached hydrogen (secondary N) is 3. The monoisotopic (exact) mass is 540 g/mol. The van der Waals surface area contributed by atoms with Gasteiger partial charge in [0.1, 0.15) is 22.4 Å². The number of fused-ring (bicyclic) bond motifs is 2. The number of methoxy groups -OCH3 is 1. The van der Waals surface area contributed by atoms with Crippen LogP contribution in [0.1, 0.15) is 33.0 Å². The van der Waals surface area contributed by atoms with E-state index in [2.05, 4.69) is 26.0 Å². The van der Waals surface area contributed by atoms with Crippen molar-refractivity contribution in [2.45, 2.75) is 18.2 Å². The molecule has 5 rings (SSSR count). The number of amides is 3. The molecule has 12 nitrogen and oxygen atoms in total. The van der Waals surface area contributed by atoms with E-state index in [-0.39, 0.29) is 53.9 Å². The molecule has 1 unspecified atom stereocenters. The number of aromatic nitrogens is 3. The Morgan fingerprint density at radius 2 is 2.05 bits per heavy atom. The third-order valence-electron chi connectivity index (χ3n) is 5.81. The number of carbonyl (C=O) groups is 4. The van der Waals surface area contributed by atoms with E-state index >= 15 is 0 Å². The number of ether oxygens (including phenoxy) is 2. The van der Waals surface area contributed by atoms with Crippen molar-refractivity contribution in [1.29, 1.82) is 0 Å². The van der Waals surface area contributed by atoms with E-state index in [0.717, 1.165) is 16.3 Å². The van der Waals surface area contributed by atoms with Crippen molar-refractivity contribution >= 4 is 46.8 Å². The predicted molar refractivity (Wildman–Crippen MR) is 133 cm³/mol. The van der Waals surface area contributed by atoms with E-state index in [1.807, 2.05) is 0 Å². The fourth-order valence-electron chi connectivity index (χ4n) is 3.91. The van der Waals surface area contributed by atoms with Crippen LogP contribution in [-0.4, -0.2) is 63.8 Å². The van der Waals surface area contributed by atoms with E-state index in [1.165, 1.54) is 24.9 Å². The molecule has 0 saturated carbocycles. The largest absolute Gasteiger partial charge is 0.482 e. The summed E-state index contributed by atoms with van der Waals surface area (Å²) < 4.78 is 25.4. The second kappa shape index (κ2) is 10.5. The number of nitrogens with zero attached hydrogens (tertiary/aromatic N) is 3. The molecule has 3 N–H and O–H groups in total. The number of hydrogen-bond donors (Lipinski definition) is 3. The van der Waals surface area contributed by atoms with Crippen LogP contribution in [0.25, 0.3) is 5.65 Å². The van der Waals surface area contributed by atoms with Gasteiger partial charge in [-0.1, -0.05) is 6.07 Å². The standard InChI is InChI=1S/C24H21FN6O6S/c1-36-24(35)19-5-13(11-38-19)8-27-23(34)17-6-16(30-21-14(25)9-28-31(17)21)22(33)26-7-12-2-3-18-15(4-12)29-20(32)10-37-18/h2-4,6,9,11,19H,5,7-8,10H2,1H3,(H,26,33)(H,27,34)(H,29,32). The van der Waals surface area contributed by atoms with Crippen LogP contribution in [0.2, 0.25) is 0 Å². The summed E-state index contributed by atoms with van der Waals surface area (Å²) in [7, 11) is 1.31. The van der Waals surface area contributed by atoms with Crippen LogP contribution in [0.15, 0.2) is 41.4 Å². The number of halogens is 1. The molecule has 4 heterocycles. The molecule has 1 atom stereocenters. The molecule has 0 spiro atoms. The van der Waals surface area contributed by atoms with Gasteiger partial charge in [0.2, 0.25) is 0 Å². The van der Waals surface area contributed by atoms with Crippen molar-refractivity contribution in [3.63, 3.8) is 0 Å². The van der Waals surface area contributed by atoms with Gasteiger partial charge in [0.05, 0.1) is 19.0 Å². The second-order valence-corrected chi connectivity index (χ2v) is 9.49. The normalized spacial score (nSPS) is 16.2. The van der Waals surface area contributed by atoms with E-state index in [9.17, 15) is 23.6 Å². The summed E-state index contributed by atoms with van der Waals surface area (Å²) in [6, 6.07) is 6.29. The highest BCUT2D eigenvalue weighted by atomic mass is 32.2. The molecule has 1 aromatic carbocycles. The molecular weight excluding hydrogens is 519 g/mol. The molecule has 3 aromatic rings. The Labute approximate surface area is 219 Å². The van der Waals surface area contributed by atoms with Crippen molar-refractivity contribution in [1.82, 2.24) is 25.2 Å². The second-order valence-electron chi connectivity index (χ2n) is 8.42. The average Bonchev–Trinajstić information content (AvgIpc) is 3.56. The predicted octanol–water partition coefficient (Wildman–Crippen LogP) is 1.42. The fraction of sp³-hybridized carbons (Fsp3) is 0.250. The molecule has 0 aliphatic carbocycles. The summed E-state index contributed by atoms with van der Waals surface area (Å²) in [5.74, 6) is -2.15. The Morgan fingerprint density at radius 3 is 2.87 bits per heavy atom. The Balaban J connectivity index is 1.29. The number of benzene rings is 1. The zero-order valence-corrected chi connectivity index (χ0v) is 20.8. The van der Waals surface area contributed by atoms with Crippen LogP contribution >= 0.6 is 11.8 Å². The minimum Gasteiger partial charge on any atom is -0.482 e. The summed E-state index contributed by atoms with van der Waals surface area (Å²) in [6.07, 6.45) is 1.33. The minimum absolute atomic E-state index is 0.0666. The molecule has 0 radical (unpaired) electrons. The van der Waals surface area contributed by atoms with Gasteiger partial charge in [-0.15, -0.1) is 11.8 Å². The van der Waals surface area contributed by atoms with E-state index in [0.29, 0.717) is 23.4 Å². The van der Waals surface area contributed by atoms with E-state index in [1.54, 1.807) is 23.6 Å². The first kappa shape index (κ1) is 25.2. The Bertz CT molecular complexity index is 1510. The van der Waals surface area contributed by atoms with Crippen LogP contribution in [0, 0.1) is 5.82 Å². The van der Waals surface area contributed by atoms with Crippen molar-refractivity contribution in [2.24, 2.45) is 0 Å². The molecule has 38 heavy (non-hydrogen) atoms. The van der Waals surface area contributed by atoms with E-state index in [4.69, 9.17) is 9.47 Å². The maximum Gasteiger partial charge on any atom is 0.319 e. The third-order valence-corrected chi connectivity index (χ3v) is 6.97. The number of carbonyl (C=O) groups excluding carboxylic acids is 4. The summed E-state index contributed by atoms with van der Waals surface area (Å²) in [5, 5.41) is 13.4. The van der Waals surface area contributed by atoms with Gasteiger partial charge in [0.25, 0.3) is 17.7 Å². The lowest BCUT2D eigenvalue weighted by atomic mass is 10.1. The quantitative estimate of drug-likeness (QED) is 0.378. The summed E-state index contributed by atoms with van der Waals surface area (Å²) >= 11 is 1.31. The molecule has 3 amide bonds. The molecule has 2 aliphatic rings. The summed E-state index contributed by atoms with van der Waals surface area (Å²) in [6.45, 7) is 0.154. The van der Waals surface area contributed by atoms with Gasteiger partial charge in [-0.05, 0) is 35.1 Å². The number of anilines is 1. The van der Waals surface area contributed by atoms with Gasteiger partial charge in [0, 0.05) is 19.2 Å². The van der Waals surface area contributed by atoms with Gasteiger partial charge in [-0.3, -0.25) is 19.2 Å². The summed E-state index contributed by atoms with van der Waals surface area (Å²) in [5.41, 5.74) is 1.43. The van der Waals surface area contributed by atoms with Gasteiger partial charge in [0.15, 0.2) is 18.1 Å². The van der Waals surface area contributed by atoms with Crippen molar-refractivity contribution < 1.29 is 33.0 Å². The van der Waals surface area contributed by atoms with Gasteiger partial charge in [-0.25, -0.2) is 13.9 Å². The Kier molecular flexibility index (Phi) is 6.96. The molecule has 0 saturated heterocycles. The van der Waals surface area contributed by atoms with Crippen LogP contribution < -0.4 is 20.7 Å². The Hall–Kier alpha value is -4.46. The van der Waals surface area contributed by atoms with E-state index < -0.39 is 17.6 Å². The molecule has 0 bridgehead atoms. The third kappa shape index (κ3) is 5.16. The van der Waals surface area contributed by atoms with Gasteiger partial charge >= 0.3 is 5.97 Å². The highest BCUT2D eigenvalue weighted by molar-refractivity contribution is 8.03. The molecule has 14 heteroatoms. The lowest BCUT2D eigenvalue weighted by Crippen LogP contribution is -2.30. The van der Waals surface area contributed by atoms with Crippen molar-refractivity contribution in [2.75, 3.05) is 25.6 Å². The number of thioether (sulfide) groups is 1. The maximum absolute atomic E-state index is 14.3. The number of hydrogen-bond acceptors (Lipinski definition) is 9. The smallest absolute Gasteiger partial charge is 0.319 e. The van der Waals surface area contributed by atoms with Gasteiger partial charge < -0.3 is 25.4 Å². The minimum atomic E-state index is -0.796. The maximum atomic E-state index is 14.3. The number of rotatable bonds is 7. The highest BCUT2D eigenvalue weighted by Crippen LogP contribution is 2.30. The SMILES string of the molecule is COC(=O)C1CC(CNC(=O)c2cc(C(=O)NCc3ccc4c(c3)NC(=O)CO4)nc3c(F)cnn23)=CS1. The van der Waals surface area contributed by atoms with Crippen LogP contribution in [-0.2, 0) is 20.9 Å². The molecular formula is C24H21FN6O6S. The molecule has 2 aliphatic heterocycles. The first-order chi connectivity index (χ1) is 18.3. The van der Waals surface area contributed by atoms with Crippen LogP contribution in [0.4, 0.5) is 10.1 Å². The summed E-state index contributed by atoms with van der Waals surface area (Å²) in [4.78, 5) is 53.2. The van der Waals surface area contributed by atoms with Crippen molar-refractivity contribution in [3.05, 3.63) is 64.2 Å². The van der Waals surface area contributed by atoms with Crippen LogP contribution in [0.3, 0.4) is 0 Å². The highest BCUT2D eigenvalue weighted by Gasteiger charge is 2.26. The molecule has 0 fully saturated rings.